The zero-order valence-corrected chi connectivity index (χ0v) is 15.7. The maximum Gasteiger partial charge on any atom is 0.251 e. The van der Waals surface area contributed by atoms with Crippen molar-refractivity contribution in [1.29, 1.82) is 0 Å². The minimum atomic E-state index is -0.0700. The van der Waals surface area contributed by atoms with E-state index in [0.717, 1.165) is 34.8 Å². The highest BCUT2D eigenvalue weighted by Gasteiger charge is 2.07. The Labute approximate surface area is 156 Å². The van der Waals surface area contributed by atoms with E-state index in [1.54, 1.807) is 0 Å². The van der Waals surface area contributed by atoms with Gasteiger partial charge < -0.3 is 11.1 Å². The number of carbonyl (C=O) groups excluding carboxylic acids is 1. The standard InChI is InChI=1S/C18H22N6OS/c1-12-10-13(2)24(23-12)11-14-5-7-15(8-6-14)17(25)20-9-3-4-16-21-22-18(19)26-16/h5-8,10H,3-4,9,11H2,1-2H3,(H2,19,22)(H,20,25). The third-order valence-corrected chi connectivity index (χ3v) is 4.80. The number of nitrogens with one attached hydrogen (secondary N) is 1. The first-order valence-corrected chi connectivity index (χ1v) is 9.29. The highest BCUT2D eigenvalue weighted by Crippen LogP contribution is 2.12. The second-order valence-corrected chi connectivity index (χ2v) is 7.27. The van der Waals surface area contributed by atoms with Crippen molar-refractivity contribution >= 4 is 22.4 Å². The number of amides is 1. The van der Waals surface area contributed by atoms with Gasteiger partial charge in [-0.3, -0.25) is 9.48 Å². The summed E-state index contributed by atoms with van der Waals surface area (Å²) in [5.41, 5.74) is 9.45. The van der Waals surface area contributed by atoms with E-state index in [-0.39, 0.29) is 5.91 Å². The number of aromatic nitrogens is 4. The van der Waals surface area contributed by atoms with Crippen LogP contribution in [0.2, 0.25) is 0 Å². The summed E-state index contributed by atoms with van der Waals surface area (Å²) in [6.45, 7) is 5.31. The van der Waals surface area contributed by atoms with Crippen LogP contribution in [-0.4, -0.2) is 32.4 Å². The molecule has 3 N–H and O–H groups in total. The molecule has 7 nitrogen and oxygen atoms in total. The van der Waals surface area contributed by atoms with E-state index in [0.29, 0.717) is 23.8 Å². The molecule has 2 aromatic heterocycles. The fourth-order valence-corrected chi connectivity index (χ4v) is 3.33. The van der Waals surface area contributed by atoms with E-state index >= 15 is 0 Å². The molecule has 0 spiro atoms. The van der Waals surface area contributed by atoms with Crippen molar-refractivity contribution in [2.24, 2.45) is 0 Å². The maximum atomic E-state index is 12.2. The first-order chi connectivity index (χ1) is 12.5. The topological polar surface area (TPSA) is 98.7 Å². The third-order valence-electron chi connectivity index (χ3n) is 3.99. The van der Waals surface area contributed by atoms with Gasteiger partial charge in [0.05, 0.1) is 12.2 Å². The lowest BCUT2D eigenvalue weighted by atomic mass is 10.1. The van der Waals surface area contributed by atoms with Gasteiger partial charge in [0.15, 0.2) is 0 Å². The van der Waals surface area contributed by atoms with E-state index in [1.807, 2.05) is 42.8 Å². The molecule has 0 unspecified atom stereocenters. The van der Waals surface area contributed by atoms with Gasteiger partial charge in [0.25, 0.3) is 5.91 Å². The molecule has 0 aliphatic rings. The number of benzene rings is 1. The maximum absolute atomic E-state index is 12.2. The molecule has 136 valence electrons. The van der Waals surface area contributed by atoms with Crippen molar-refractivity contribution in [2.45, 2.75) is 33.2 Å². The molecule has 0 atom stereocenters. The number of anilines is 1. The molecule has 0 saturated carbocycles. The Bertz CT molecular complexity index is 883. The van der Waals surface area contributed by atoms with Crippen LogP contribution in [0.4, 0.5) is 5.13 Å². The monoisotopic (exact) mass is 370 g/mol. The molecule has 0 aliphatic heterocycles. The Morgan fingerprint density at radius 3 is 2.62 bits per heavy atom. The van der Waals surface area contributed by atoms with Crippen LogP contribution >= 0.6 is 11.3 Å². The summed E-state index contributed by atoms with van der Waals surface area (Å²) in [5.74, 6) is -0.0700. The van der Waals surface area contributed by atoms with Crippen molar-refractivity contribution in [3.05, 3.63) is 57.9 Å². The molecule has 0 aliphatic carbocycles. The van der Waals surface area contributed by atoms with Gasteiger partial charge in [-0.2, -0.15) is 5.10 Å². The highest BCUT2D eigenvalue weighted by atomic mass is 32.1. The molecule has 3 rings (SSSR count). The smallest absolute Gasteiger partial charge is 0.251 e. The predicted molar refractivity (Wildman–Crippen MR) is 102 cm³/mol. The van der Waals surface area contributed by atoms with Crippen LogP contribution in [0.25, 0.3) is 0 Å². The van der Waals surface area contributed by atoms with Crippen molar-refractivity contribution in [3.63, 3.8) is 0 Å². The van der Waals surface area contributed by atoms with Gasteiger partial charge in [-0.15, -0.1) is 10.2 Å². The number of nitrogens with zero attached hydrogens (tertiary/aromatic N) is 4. The second-order valence-electron chi connectivity index (χ2n) is 6.18. The van der Waals surface area contributed by atoms with Crippen molar-refractivity contribution in [3.8, 4) is 0 Å². The second kappa shape index (κ2) is 8.09. The van der Waals surface area contributed by atoms with Crippen molar-refractivity contribution in [2.75, 3.05) is 12.3 Å². The third kappa shape index (κ3) is 4.66. The van der Waals surface area contributed by atoms with E-state index < -0.39 is 0 Å². The number of hydrogen-bond acceptors (Lipinski definition) is 6. The summed E-state index contributed by atoms with van der Waals surface area (Å²) in [5, 5.41) is 16.5. The Balaban J connectivity index is 1.48. The molecule has 3 aromatic rings. The molecular weight excluding hydrogens is 348 g/mol. The van der Waals surface area contributed by atoms with Crippen LogP contribution in [0.15, 0.2) is 30.3 Å². The number of hydrogen-bond donors (Lipinski definition) is 2. The number of carbonyl (C=O) groups is 1. The number of nitrogens with two attached hydrogens (primary N) is 1. The minimum absolute atomic E-state index is 0.0700. The molecule has 8 heteroatoms. The minimum Gasteiger partial charge on any atom is -0.374 e. The Morgan fingerprint density at radius 2 is 2.00 bits per heavy atom. The summed E-state index contributed by atoms with van der Waals surface area (Å²) in [7, 11) is 0. The number of nitrogen functional groups attached to an aromatic ring is 1. The molecular formula is C18H22N6OS. The quantitative estimate of drug-likeness (QED) is 0.622. The summed E-state index contributed by atoms with van der Waals surface area (Å²) < 4.78 is 1.96. The average Bonchev–Trinajstić information content (AvgIpc) is 3.17. The molecule has 2 heterocycles. The molecule has 1 aromatic carbocycles. The molecule has 1 amide bonds. The fraction of sp³-hybridized carbons (Fsp3) is 0.333. The first-order valence-electron chi connectivity index (χ1n) is 8.47. The normalized spacial score (nSPS) is 10.8. The highest BCUT2D eigenvalue weighted by molar-refractivity contribution is 7.15. The van der Waals surface area contributed by atoms with Crippen molar-refractivity contribution < 1.29 is 4.79 Å². The average molecular weight is 370 g/mol. The van der Waals surface area contributed by atoms with Crippen LogP contribution in [0.5, 0.6) is 0 Å². The summed E-state index contributed by atoms with van der Waals surface area (Å²) in [4.78, 5) is 12.2. The Hall–Kier alpha value is -2.74. The van der Waals surface area contributed by atoms with Gasteiger partial charge in [0.2, 0.25) is 5.13 Å². The van der Waals surface area contributed by atoms with Gasteiger partial charge in [-0.1, -0.05) is 23.5 Å². The van der Waals surface area contributed by atoms with Crippen LogP contribution in [0.1, 0.15) is 38.7 Å². The predicted octanol–water partition coefficient (Wildman–Crippen LogP) is 2.34. The SMILES string of the molecule is Cc1cc(C)n(Cc2ccc(C(=O)NCCCc3nnc(N)s3)cc2)n1. The zero-order valence-electron chi connectivity index (χ0n) is 14.9. The summed E-state index contributed by atoms with van der Waals surface area (Å²) in [6.07, 6.45) is 1.56. The molecule has 0 radical (unpaired) electrons. The largest absolute Gasteiger partial charge is 0.374 e. The lowest BCUT2D eigenvalue weighted by Gasteiger charge is -2.07. The van der Waals surface area contributed by atoms with Crippen LogP contribution in [0.3, 0.4) is 0 Å². The summed E-state index contributed by atoms with van der Waals surface area (Å²) in [6, 6.07) is 9.69. The van der Waals surface area contributed by atoms with Crippen LogP contribution < -0.4 is 11.1 Å². The van der Waals surface area contributed by atoms with E-state index in [2.05, 4.69) is 26.7 Å². The zero-order chi connectivity index (χ0) is 18.5. The lowest BCUT2D eigenvalue weighted by molar-refractivity contribution is 0.0953. The first kappa shape index (κ1) is 18.1. The molecule has 0 fully saturated rings. The van der Waals surface area contributed by atoms with Gasteiger partial charge in [0.1, 0.15) is 5.01 Å². The van der Waals surface area contributed by atoms with Gasteiger partial charge in [0, 0.05) is 24.2 Å². The van der Waals surface area contributed by atoms with Crippen molar-refractivity contribution in [1.82, 2.24) is 25.3 Å². The fourth-order valence-electron chi connectivity index (χ4n) is 2.68. The lowest BCUT2D eigenvalue weighted by Crippen LogP contribution is -2.24. The Morgan fingerprint density at radius 1 is 1.23 bits per heavy atom. The molecule has 0 saturated heterocycles. The number of aryl methyl sites for hydroxylation is 3. The van der Waals surface area contributed by atoms with Gasteiger partial charge in [-0.05, 0) is 44.0 Å². The Kier molecular flexibility index (Phi) is 5.62. The van der Waals surface area contributed by atoms with E-state index in [9.17, 15) is 4.79 Å². The molecule has 0 bridgehead atoms. The van der Waals surface area contributed by atoms with Crippen LogP contribution in [-0.2, 0) is 13.0 Å². The number of rotatable bonds is 7. The van der Waals surface area contributed by atoms with Crippen LogP contribution in [0, 0.1) is 13.8 Å². The summed E-state index contributed by atoms with van der Waals surface area (Å²) >= 11 is 1.38. The van der Waals surface area contributed by atoms with E-state index in [4.69, 9.17) is 5.73 Å². The van der Waals surface area contributed by atoms with Gasteiger partial charge in [-0.25, -0.2) is 0 Å². The van der Waals surface area contributed by atoms with Gasteiger partial charge >= 0.3 is 0 Å². The molecule has 26 heavy (non-hydrogen) atoms. The van der Waals surface area contributed by atoms with E-state index in [1.165, 1.54) is 11.3 Å².